The van der Waals surface area contributed by atoms with E-state index in [1.807, 2.05) is 4.90 Å². The van der Waals surface area contributed by atoms with Gasteiger partial charge in [0.15, 0.2) is 0 Å². The molecule has 0 atom stereocenters. The minimum absolute atomic E-state index is 0.00839. The van der Waals surface area contributed by atoms with Crippen molar-refractivity contribution in [3.63, 3.8) is 0 Å². The molecule has 0 bridgehead atoms. The lowest BCUT2D eigenvalue weighted by Gasteiger charge is -2.47. The molecule has 3 rings (SSSR count). The molecule has 2 heterocycles. The van der Waals surface area contributed by atoms with Gasteiger partial charge in [-0.05, 0) is 43.2 Å². The number of hydrogen-bond acceptors (Lipinski definition) is 3. The molecule has 2 amide bonds. The number of carbonyl (C=O) groups excluding carboxylic acids is 2. The molecule has 0 N–H and O–H groups in total. The van der Waals surface area contributed by atoms with Crippen molar-refractivity contribution in [3.8, 4) is 0 Å². The molecule has 27 heavy (non-hydrogen) atoms. The van der Waals surface area contributed by atoms with Gasteiger partial charge in [-0.15, -0.1) is 0 Å². The number of piperidine rings is 2. The molecule has 2 fully saturated rings. The molecule has 7 heteroatoms. The summed E-state index contributed by atoms with van der Waals surface area (Å²) < 4.78 is 32.9. The van der Waals surface area contributed by atoms with E-state index in [0.717, 1.165) is 37.8 Å². The van der Waals surface area contributed by atoms with Crippen molar-refractivity contribution in [2.24, 2.45) is 5.41 Å². The summed E-state index contributed by atoms with van der Waals surface area (Å²) in [5.41, 5.74) is -0.487. The second kappa shape index (κ2) is 8.33. The molecule has 1 aromatic carbocycles. The first-order valence-corrected chi connectivity index (χ1v) is 9.46. The van der Waals surface area contributed by atoms with E-state index in [2.05, 4.69) is 0 Å². The van der Waals surface area contributed by atoms with Crippen LogP contribution in [-0.4, -0.2) is 61.5 Å². The predicted octanol–water partition coefficient (Wildman–Crippen LogP) is 2.85. The third kappa shape index (κ3) is 4.29. The fraction of sp³-hybridized carbons (Fsp3) is 0.600. The normalized spacial score (nSPS) is 19.6. The molecule has 2 saturated heterocycles. The van der Waals surface area contributed by atoms with Crippen molar-refractivity contribution in [2.75, 3.05) is 39.9 Å². The second-order valence-electron chi connectivity index (χ2n) is 7.55. The first kappa shape index (κ1) is 19.7. The zero-order chi connectivity index (χ0) is 19.4. The number of amides is 2. The quantitative estimate of drug-likeness (QED) is 0.738. The van der Waals surface area contributed by atoms with Crippen LogP contribution in [0.1, 0.15) is 42.5 Å². The first-order valence-electron chi connectivity index (χ1n) is 9.46. The summed E-state index contributed by atoms with van der Waals surface area (Å²) in [5, 5.41) is 0. The molecule has 0 unspecified atom stereocenters. The van der Waals surface area contributed by atoms with Crippen LogP contribution in [0, 0.1) is 17.0 Å². The predicted molar refractivity (Wildman–Crippen MR) is 96.2 cm³/mol. The van der Waals surface area contributed by atoms with Gasteiger partial charge >= 0.3 is 0 Å². The molecule has 148 valence electrons. The minimum Gasteiger partial charge on any atom is -0.385 e. The van der Waals surface area contributed by atoms with Gasteiger partial charge in [0.05, 0.1) is 0 Å². The number of ether oxygens (including phenoxy) is 1. The van der Waals surface area contributed by atoms with Crippen molar-refractivity contribution >= 4 is 11.8 Å². The van der Waals surface area contributed by atoms with E-state index in [-0.39, 0.29) is 11.3 Å². The van der Waals surface area contributed by atoms with Gasteiger partial charge in [0.25, 0.3) is 5.91 Å². The van der Waals surface area contributed by atoms with Crippen LogP contribution in [-0.2, 0) is 9.53 Å². The highest BCUT2D eigenvalue weighted by molar-refractivity contribution is 5.94. The summed E-state index contributed by atoms with van der Waals surface area (Å²) in [7, 11) is 1.64. The number of hydrogen-bond donors (Lipinski definition) is 0. The van der Waals surface area contributed by atoms with E-state index in [1.54, 1.807) is 7.11 Å². The number of carbonyl (C=O) groups is 2. The van der Waals surface area contributed by atoms with Crippen LogP contribution in [0.25, 0.3) is 0 Å². The fourth-order valence-electron chi connectivity index (χ4n) is 4.16. The smallest absolute Gasteiger partial charge is 0.259 e. The zero-order valence-electron chi connectivity index (χ0n) is 15.7. The highest BCUT2D eigenvalue weighted by Gasteiger charge is 2.42. The van der Waals surface area contributed by atoms with E-state index in [1.165, 1.54) is 11.0 Å². The van der Waals surface area contributed by atoms with Gasteiger partial charge in [-0.1, -0.05) is 6.07 Å². The summed E-state index contributed by atoms with van der Waals surface area (Å²) >= 11 is 0. The highest BCUT2D eigenvalue weighted by atomic mass is 19.1. The molecular formula is C20H26F2N2O3. The molecular weight excluding hydrogens is 354 g/mol. The number of methoxy groups -OCH3 is 1. The number of halogens is 2. The maximum absolute atomic E-state index is 13.9. The molecule has 0 saturated carbocycles. The number of benzene rings is 1. The van der Waals surface area contributed by atoms with Crippen molar-refractivity contribution in [2.45, 2.75) is 32.1 Å². The molecule has 2 aliphatic heterocycles. The number of likely N-dealkylation sites (tertiary alicyclic amines) is 2. The lowest BCUT2D eigenvalue weighted by Crippen LogP contribution is -2.52. The van der Waals surface area contributed by atoms with Crippen LogP contribution in [0.15, 0.2) is 18.2 Å². The largest absolute Gasteiger partial charge is 0.385 e. The van der Waals surface area contributed by atoms with Crippen LogP contribution in [0.4, 0.5) is 8.78 Å². The van der Waals surface area contributed by atoms with E-state index in [0.29, 0.717) is 39.2 Å². The monoisotopic (exact) mass is 380 g/mol. The number of rotatable bonds is 5. The Balaban J connectivity index is 1.62. The van der Waals surface area contributed by atoms with E-state index in [9.17, 15) is 18.4 Å². The second-order valence-corrected chi connectivity index (χ2v) is 7.55. The average Bonchev–Trinajstić information content (AvgIpc) is 2.65. The van der Waals surface area contributed by atoms with Crippen molar-refractivity contribution in [1.29, 1.82) is 0 Å². The summed E-state index contributed by atoms with van der Waals surface area (Å²) in [6.45, 7) is 2.88. The van der Waals surface area contributed by atoms with Crippen molar-refractivity contribution in [1.82, 2.24) is 9.80 Å². The highest BCUT2D eigenvalue weighted by Crippen LogP contribution is 2.40. The Morgan fingerprint density at radius 1 is 1.19 bits per heavy atom. The maximum atomic E-state index is 13.9. The first-order chi connectivity index (χ1) is 13.0. The molecule has 5 nitrogen and oxygen atoms in total. The lowest BCUT2D eigenvalue weighted by atomic mass is 9.72. The Morgan fingerprint density at radius 3 is 2.48 bits per heavy atom. The Hall–Kier alpha value is -2.02. The van der Waals surface area contributed by atoms with E-state index in [4.69, 9.17) is 4.74 Å². The van der Waals surface area contributed by atoms with E-state index >= 15 is 0 Å². The molecule has 2 aliphatic rings. The Labute approximate surface area is 158 Å². The third-order valence-corrected chi connectivity index (χ3v) is 5.81. The van der Waals surface area contributed by atoms with Crippen molar-refractivity contribution < 1.29 is 23.1 Å². The molecule has 0 aliphatic carbocycles. The third-order valence-electron chi connectivity index (χ3n) is 5.81. The van der Waals surface area contributed by atoms with Gasteiger partial charge in [0.1, 0.15) is 17.2 Å². The fourth-order valence-corrected chi connectivity index (χ4v) is 4.16. The Morgan fingerprint density at radius 2 is 1.85 bits per heavy atom. The standard InChI is InChI=1S/C20H26F2N2O3/c1-27-13-3-10-24-14-20(7-6-17(24)25)8-11-23(12-9-20)19(26)18-15(21)4-2-5-16(18)22/h2,4-5H,3,6-14H2,1H3. The Kier molecular flexibility index (Phi) is 6.09. The van der Waals surface area contributed by atoms with Crippen LogP contribution in [0.5, 0.6) is 0 Å². The summed E-state index contributed by atoms with van der Waals surface area (Å²) in [4.78, 5) is 28.2. The van der Waals surface area contributed by atoms with Crippen LogP contribution in [0.2, 0.25) is 0 Å². The molecule has 1 spiro atoms. The maximum Gasteiger partial charge on any atom is 0.259 e. The molecule has 0 aromatic heterocycles. The zero-order valence-corrected chi connectivity index (χ0v) is 15.7. The van der Waals surface area contributed by atoms with Gasteiger partial charge < -0.3 is 14.5 Å². The Bertz CT molecular complexity index is 682. The summed E-state index contributed by atoms with van der Waals surface area (Å²) in [6.07, 6.45) is 3.60. The lowest BCUT2D eigenvalue weighted by molar-refractivity contribution is -0.139. The summed E-state index contributed by atoms with van der Waals surface area (Å²) in [6, 6.07) is 3.46. The van der Waals surface area contributed by atoms with Crippen LogP contribution in [0.3, 0.4) is 0 Å². The summed E-state index contributed by atoms with van der Waals surface area (Å²) in [5.74, 6) is -2.08. The van der Waals surface area contributed by atoms with Gasteiger partial charge in [-0.3, -0.25) is 9.59 Å². The van der Waals surface area contributed by atoms with E-state index < -0.39 is 23.1 Å². The topological polar surface area (TPSA) is 49.9 Å². The molecule has 0 radical (unpaired) electrons. The minimum atomic E-state index is -0.826. The van der Waals surface area contributed by atoms with Gasteiger partial charge in [-0.2, -0.15) is 0 Å². The van der Waals surface area contributed by atoms with Gasteiger partial charge in [-0.25, -0.2) is 8.78 Å². The van der Waals surface area contributed by atoms with Gasteiger partial charge in [0.2, 0.25) is 5.91 Å². The van der Waals surface area contributed by atoms with Crippen molar-refractivity contribution in [3.05, 3.63) is 35.4 Å². The molecule has 1 aromatic rings. The van der Waals surface area contributed by atoms with Gasteiger partial charge in [0, 0.05) is 46.3 Å². The SMILES string of the molecule is COCCCN1CC2(CCC1=O)CCN(C(=O)c1c(F)cccc1F)CC2. The average molecular weight is 380 g/mol. The van der Waals surface area contributed by atoms with Crippen LogP contribution < -0.4 is 0 Å². The van der Waals surface area contributed by atoms with Crippen LogP contribution >= 0.6 is 0 Å². The number of nitrogens with zero attached hydrogens (tertiary/aromatic N) is 2.